The van der Waals surface area contributed by atoms with Gasteiger partial charge in [0.15, 0.2) is 0 Å². The monoisotopic (exact) mass is 323 g/mol. The first-order valence-electron chi connectivity index (χ1n) is 6.33. The number of hydrogen-bond donors (Lipinski definition) is 0. The van der Waals surface area contributed by atoms with Crippen LogP contribution in [0.2, 0.25) is 0 Å². The number of sulfonamides is 1. The third kappa shape index (κ3) is 3.94. The minimum absolute atomic E-state index is 0.0104. The molecule has 0 N–H and O–H groups in total. The molecule has 0 fully saturated rings. The van der Waals surface area contributed by atoms with E-state index in [9.17, 15) is 8.42 Å². The Kier molecular flexibility index (Phi) is 5.86. The fourth-order valence-corrected chi connectivity index (χ4v) is 5.13. The molecule has 1 aromatic rings. The van der Waals surface area contributed by atoms with Crippen molar-refractivity contribution in [3.8, 4) is 0 Å². The lowest BCUT2D eigenvalue weighted by Gasteiger charge is -2.25. The number of aryl methyl sites for hydroxylation is 1. The van der Waals surface area contributed by atoms with Crippen LogP contribution < -0.4 is 0 Å². The van der Waals surface area contributed by atoms with E-state index in [0.29, 0.717) is 16.7 Å². The Labute approximate surface area is 125 Å². The molecule has 0 saturated carbocycles. The summed E-state index contributed by atoms with van der Waals surface area (Å²) < 4.78 is 26.7. The highest BCUT2D eigenvalue weighted by atomic mass is 35.5. The lowest BCUT2D eigenvalue weighted by Crippen LogP contribution is -2.36. The van der Waals surface area contributed by atoms with Gasteiger partial charge in [-0.05, 0) is 32.3 Å². The second-order valence-electron chi connectivity index (χ2n) is 5.27. The van der Waals surface area contributed by atoms with Crippen LogP contribution in [0.3, 0.4) is 0 Å². The normalized spacial score (nSPS) is 14.3. The lowest BCUT2D eigenvalue weighted by atomic mass is 10.1. The van der Waals surface area contributed by atoms with Crippen LogP contribution in [0.4, 0.5) is 0 Å². The molecule has 3 nitrogen and oxygen atoms in total. The van der Waals surface area contributed by atoms with Gasteiger partial charge in [-0.3, -0.25) is 0 Å². The summed E-state index contributed by atoms with van der Waals surface area (Å²) in [6.45, 7) is 7.97. The fraction of sp³-hybridized carbons (Fsp3) is 0.692. The number of halogens is 1. The Balaban J connectivity index is 3.05. The molecule has 19 heavy (non-hydrogen) atoms. The summed E-state index contributed by atoms with van der Waals surface area (Å²) in [6.07, 6.45) is 0.848. The summed E-state index contributed by atoms with van der Waals surface area (Å²) in [6, 6.07) is 1.68. The highest BCUT2D eigenvalue weighted by Gasteiger charge is 2.28. The number of thiophene rings is 1. The van der Waals surface area contributed by atoms with Crippen molar-refractivity contribution < 1.29 is 8.42 Å². The molecule has 0 bridgehead atoms. The second-order valence-corrected chi connectivity index (χ2v) is 8.84. The summed E-state index contributed by atoms with van der Waals surface area (Å²) >= 11 is 7.22. The molecule has 0 aliphatic rings. The van der Waals surface area contributed by atoms with Crippen molar-refractivity contribution in [1.82, 2.24) is 4.31 Å². The first-order chi connectivity index (χ1) is 8.70. The molecule has 110 valence electrons. The van der Waals surface area contributed by atoms with Gasteiger partial charge in [-0.1, -0.05) is 13.8 Å². The zero-order valence-electron chi connectivity index (χ0n) is 12.1. The van der Waals surface area contributed by atoms with E-state index in [2.05, 4.69) is 13.8 Å². The molecule has 1 atom stereocenters. The molecular weight excluding hydrogens is 302 g/mol. The Hall–Kier alpha value is -0.100. The molecular formula is C13H22ClNO2S2. The van der Waals surface area contributed by atoms with E-state index in [-0.39, 0.29) is 6.04 Å². The van der Waals surface area contributed by atoms with Crippen LogP contribution >= 0.6 is 22.9 Å². The maximum Gasteiger partial charge on any atom is 0.244 e. The van der Waals surface area contributed by atoms with Crippen molar-refractivity contribution in [1.29, 1.82) is 0 Å². The van der Waals surface area contributed by atoms with E-state index in [4.69, 9.17) is 11.6 Å². The largest absolute Gasteiger partial charge is 0.244 e. The van der Waals surface area contributed by atoms with Crippen LogP contribution in [0.15, 0.2) is 11.0 Å². The van der Waals surface area contributed by atoms with Crippen molar-refractivity contribution in [3.63, 3.8) is 0 Å². The van der Waals surface area contributed by atoms with Gasteiger partial charge in [0.2, 0.25) is 10.0 Å². The maximum atomic E-state index is 12.6. The predicted molar refractivity (Wildman–Crippen MR) is 82.5 cm³/mol. The molecule has 1 rings (SSSR count). The van der Waals surface area contributed by atoms with Crippen molar-refractivity contribution in [3.05, 3.63) is 15.8 Å². The molecule has 0 aliphatic carbocycles. The molecule has 0 radical (unpaired) electrons. The first-order valence-corrected chi connectivity index (χ1v) is 9.12. The van der Waals surface area contributed by atoms with Gasteiger partial charge in [0, 0.05) is 22.8 Å². The molecule has 0 amide bonds. The van der Waals surface area contributed by atoms with Gasteiger partial charge in [-0.25, -0.2) is 8.42 Å². The van der Waals surface area contributed by atoms with E-state index >= 15 is 0 Å². The van der Waals surface area contributed by atoms with Gasteiger partial charge in [0.05, 0.1) is 10.8 Å². The minimum atomic E-state index is -3.42. The standard InChI is InChI=1S/C13H22ClNO2S2/c1-9(2)6-10(3)15(5)19(16,17)13-7-12(8-14)18-11(13)4/h7,9-10H,6,8H2,1-5H3. The zero-order valence-corrected chi connectivity index (χ0v) is 14.5. The molecule has 1 aromatic heterocycles. The minimum Gasteiger partial charge on any atom is -0.207 e. The van der Waals surface area contributed by atoms with Crippen LogP contribution in [0.1, 0.15) is 36.9 Å². The summed E-state index contributed by atoms with van der Waals surface area (Å²) in [5.41, 5.74) is 0. The average Bonchev–Trinajstić information content (AvgIpc) is 2.69. The second kappa shape index (κ2) is 6.57. The summed E-state index contributed by atoms with van der Waals surface area (Å²) in [5.74, 6) is 0.821. The highest BCUT2D eigenvalue weighted by molar-refractivity contribution is 7.89. The van der Waals surface area contributed by atoms with E-state index in [1.165, 1.54) is 15.6 Å². The molecule has 0 aromatic carbocycles. The van der Waals surface area contributed by atoms with Crippen LogP contribution in [0.25, 0.3) is 0 Å². The molecule has 0 aliphatic heterocycles. The van der Waals surface area contributed by atoms with Crippen LogP contribution in [-0.2, 0) is 15.9 Å². The average molecular weight is 324 g/mol. The van der Waals surface area contributed by atoms with Crippen LogP contribution in [0, 0.1) is 12.8 Å². The zero-order chi connectivity index (χ0) is 14.8. The van der Waals surface area contributed by atoms with E-state index in [1.54, 1.807) is 13.1 Å². The van der Waals surface area contributed by atoms with Gasteiger partial charge in [-0.15, -0.1) is 22.9 Å². The Morgan fingerprint density at radius 1 is 1.37 bits per heavy atom. The molecule has 1 heterocycles. The Morgan fingerprint density at radius 2 is 1.95 bits per heavy atom. The molecule has 0 spiro atoms. The summed E-state index contributed by atoms with van der Waals surface area (Å²) in [7, 11) is -1.77. The third-order valence-corrected chi connectivity index (χ3v) is 6.87. The van der Waals surface area contributed by atoms with Gasteiger partial charge < -0.3 is 0 Å². The number of rotatable bonds is 6. The quantitative estimate of drug-likeness (QED) is 0.746. The number of nitrogens with zero attached hydrogens (tertiary/aromatic N) is 1. The number of alkyl halides is 1. The van der Waals surface area contributed by atoms with Crippen LogP contribution in [0.5, 0.6) is 0 Å². The predicted octanol–water partition coefficient (Wildman–Crippen LogP) is 3.85. The lowest BCUT2D eigenvalue weighted by molar-refractivity contribution is 0.338. The van der Waals surface area contributed by atoms with Crippen molar-refractivity contribution in [2.75, 3.05) is 7.05 Å². The van der Waals surface area contributed by atoms with Gasteiger partial charge >= 0.3 is 0 Å². The highest BCUT2D eigenvalue weighted by Crippen LogP contribution is 2.30. The van der Waals surface area contributed by atoms with Crippen LogP contribution in [-0.4, -0.2) is 25.8 Å². The Morgan fingerprint density at radius 3 is 2.37 bits per heavy atom. The van der Waals surface area contributed by atoms with E-state index < -0.39 is 10.0 Å². The van der Waals surface area contributed by atoms with E-state index in [1.807, 2.05) is 13.8 Å². The molecule has 6 heteroatoms. The van der Waals surface area contributed by atoms with Gasteiger partial charge in [0.25, 0.3) is 0 Å². The van der Waals surface area contributed by atoms with Crippen molar-refractivity contribution in [2.24, 2.45) is 5.92 Å². The first kappa shape index (κ1) is 17.0. The number of hydrogen-bond acceptors (Lipinski definition) is 3. The van der Waals surface area contributed by atoms with Gasteiger partial charge in [0.1, 0.15) is 0 Å². The van der Waals surface area contributed by atoms with Crippen molar-refractivity contribution >= 4 is 33.0 Å². The third-order valence-electron chi connectivity index (χ3n) is 3.15. The fourth-order valence-electron chi connectivity index (χ4n) is 2.07. The SMILES string of the molecule is Cc1sc(CCl)cc1S(=O)(=O)N(C)C(C)CC(C)C. The Bertz CT molecular complexity index is 523. The smallest absolute Gasteiger partial charge is 0.207 e. The summed E-state index contributed by atoms with van der Waals surface area (Å²) in [5, 5.41) is 0. The van der Waals surface area contributed by atoms with E-state index in [0.717, 1.165) is 16.2 Å². The van der Waals surface area contributed by atoms with Crippen molar-refractivity contribution in [2.45, 2.75) is 50.9 Å². The molecule has 0 saturated heterocycles. The molecule has 1 unspecified atom stereocenters. The van der Waals surface area contributed by atoms with Gasteiger partial charge in [-0.2, -0.15) is 4.31 Å². The summed E-state index contributed by atoms with van der Waals surface area (Å²) in [4.78, 5) is 2.09. The topological polar surface area (TPSA) is 37.4 Å². The maximum absolute atomic E-state index is 12.6.